The zero-order chi connectivity index (χ0) is 20.8. The highest BCUT2D eigenvalue weighted by atomic mass is 16.6. The molecule has 2 aromatic carbocycles. The second-order valence-corrected chi connectivity index (χ2v) is 7.17. The van der Waals surface area contributed by atoms with Crippen LogP contribution in [0.5, 0.6) is 0 Å². The number of benzene rings is 2. The maximum Gasteiger partial charge on any atom is 0.270 e. The molecule has 8 heteroatoms. The van der Waals surface area contributed by atoms with Crippen LogP contribution in [0.15, 0.2) is 42.5 Å². The van der Waals surface area contributed by atoms with Crippen molar-refractivity contribution in [1.82, 2.24) is 5.32 Å². The number of anilines is 2. The highest BCUT2D eigenvalue weighted by Crippen LogP contribution is 2.27. The standard InChI is InChI=1S/C21H24N4O4/c1-14(26)23-17-8-6-15(7-9-17)13-22-21(27)19-12-18(25(28)29)10-11-20(19)24-16-4-2-3-5-16/h6-12,16,24H,2-5,13H2,1H3,(H,22,27)(H,23,26). The molecule has 0 aromatic heterocycles. The third kappa shape index (κ3) is 5.54. The Morgan fingerprint density at radius 2 is 1.79 bits per heavy atom. The van der Waals surface area contributed by atoms with Crippen LogP contribution in [0.25, 0.3) is 0 Å². The van der Waals surface area contributed by atoms with Crippen molar-refractivity contribution >= 4 is 28.9 Å². The number of nitrogens with zero attached hydrogens (tertiary/aromatic N) is 1. The minimum atomic E-state index is -0.503. The average molecular weight is 396 g/mol. The summed E-state index contributed by atoms with van der Waals surface area (Å²) >= 11 is 0. The lowest BCUT2D eigenvalue weighted by atomic mass is 10.1. The first-order valence-corrected chi connectivity index (χ1v) is 9.62. The Kier molecular flexibility index (Phi) is 6.43. The van der Waals surface area contributed by atoms with E-state index < -0.39 is 4.92 Å². The van der Waals surface area contributed by atoms with Gasteiger partial charge in [-0.15, -0.1) is 0 Å². The third-order valence-electron chi connectivity index (χ3n) is 4.90. The van der Waals surface area contributed by atoms with Gasteiger partial charge in [0, 0.05) is 43.0 Å². The average Bonchev–Trinajstić information content (AvgIpc) is 3.20. The van der Waals surface area contributed by atoms with Crippen molar-refractivity contribution in [2.24, 2.45) is 0 Å². The van der Waals surface area contributed by atoms with E-state index in [9.17, 15) is 19.7 Å². The van der Waals surface area contributed by atoms with Gasteiger partial charge in [0.05, 0.1) is 10.5 Å². The van der Waals surface area contributed by atoms with Gasteiger partial charge in [0.25, 0.3) is 11.6 Å². The zero-order valence-corrected chi connectivity index (χ0v) is 16.2. The van der Waals surface area contributed by atoms with E-state index in [0.717, 1.165) is 31.2 Å². The monoisotopic (exact) mass is 396 g/mol. The summed E-state index contributed by atoms with van der Waals surface area (Å²) in [5, 5.41) is 20.0. The van der Waals surface area contributed by atoms with Crippen LogP contribution in [0.4, 0.5) is 17.1 Å². The van der Waals surface area contributed by atoms with E-state index in [0.29, 0.717) is 11.4 Å². The van der Waals surface area contributed by atoms with Gasteiger partial charge in [-0.2, -0.15) is 0 Å². The van der Waals surface area contributed by atoms with Crippen LogP contribution in [-0.4, -0.2) is 22.8 Å². The normalized spacial score (nSPS) is 13.7. The summed E-state index contributed by atoms with van der Waals surface area (Å²) in [6.45, 7) is 1.70. The van der Waals surface area contributed by atoms with Gasteiger partial charge in [-0.05, 0) is 36.6 Å². The second-order valence-electron chi connectivity index (χ2n) is 7.17. The van der Waals surface area contributed by atoms with Gasteiger partial charge in [-0.25, -0.2) is 0 Å². The van der Waals surface area contributed by atoms with Crippen LogP contribution < -0.4 is 16.0 Å². The van der Waals surface area contributed by atoms with Crippen molar-refractivity contribution in [2.75, 3.05) is 10.6 Å². The number of hydrogen-bond acceptors (Lipinski definition) is 5. The van der Waals surface area contributed by atoms with E-state index >= 15 is 0 Å². The molecule has 0 atom stereocenters. The van der Waals surface area contributed by atoms with E-state index in [2.05, 4.69) is 16.0 Å². The van der Waals surface area contributed by atoms with Crippen molar-refractivity contribution in [2.45, 2.75) is 45.2 Å². The quantitative estimate of drug-likeness (QED) is 0.486. The number of hydrogen-bond donors (Lipinski definition) is 3. The topological polar surface area (TPSA) is 113 Å². The largest absolute Gasteiger partial charge is 0.382 e. The summed E-state index contributed by atoms with van der Waals surface area (Å²) in [5.41, 5.74) is 2.28. The summed E-state index contributed by atoms with van der Waals surface area (Å²) in [6.07, 6.45) is 4.33. The molecule has 1 aliphatic rings. The summed E-state index contributed by atoms with van der Waals surface area (Å²) in [7, 11) is 0. The molecular formula is C21H24N4O4. The molecular weight excluding hydrogens is 372 g/mol. The van der Waals surface area contributed by atoms with Crippen LogP contribution in [0.1, 0.15) is 48.5 Å². The molecule has 2 aromatic rings. The summed E-state index contributed by atoms with van der Waals surface area (Å²) in [6, 6.07) is 11.7. The van der Waals surface area contributed by atoms with E-state index in [1.54, 1.807) is 30.3 Å². The van der Waals surface area contributed by atoms with Gasteiger partial charge in [0.1, 0.15) is 0 Å². The molecule has 8 nitrogen and oxygen atoms in total. The molecule has 3 rings (SSSR count). The van der Waals surface area contributed by atoms with Gasteiger partial charge >= 0.3 is 0 Å². The number of nitrogens with one attached hydrogen (secondary N) is 3. The SMILES string of the molecule is CC(=O)Nc1ccc(CNC(=O)c2cc([N+](=O)[O-])ccc2NC2CCCC2)cc1. The van der Waals surface area contributed by atoms with E-state index in [4.69, 9.17) is 0 Å². The number of nitro groups is 1. The van der Waals surface area contributed by atoms with Gasteiger partial charge in [-0.1, -0.05) is 25.0 Å². The molecule has 2 amide bonds. The maximum atomic E-state index is 12.8. The van der Waals surface area contributed by atoms with Crippen molar-refractivity contribution in [3.05, 3.63) is 63.7 Å². The van der Waals surface area contributed by atoms with E-state index in [1.165, 1.54) is 19.1 Å². The lowest BCUT2D eigenvalue weighted by Gasteiger charge is -2.17. The third-order valence-corrected chi connectivity index (χ3v) is 4.90. The van der Waals surface area contributed by atoms with Gasteiger partial charge in [-0.3, -0.25) is 19.7 Å². The Labute approximate surface area is 168 Å². The fourth-order valence-corrected chi connectivity index (χ4v) is 3.44. The molecule has 1 aliphatic carbocycles. The molecule has 3 N–H and O–H groups in total. The van der Waals surface area contributed by atoms with Gasteiger partial charge < -0.3 is 16.0 Å². The first-order chi connectivity index (χ1) is 13.9. The Balaban J connectivity index is 1.71. The molecule has 1 saturated carbocycles. The van der Waals surface area contributed by atoms with Crippen LogP contribution in [0, 0.1) is 10.1 Å². The number of non-ortho nitro benzene ring substituents is 1. The summed E-state index contributed by atoms with van der Waals surface area (Å²) in [5.74, 6) is -0.529. The van der Waals surface area contributed by atoms with Gasteiger partial charge in [0.15, 0.2) is 0 Å². The fraction of sp³-hybridized carbons (Fsp3) is 0.333. The Bertz CT molecular complexity index is 905. The molecule has 0 aliphatic heterocycles. The molecule has 1 fully saturated rings. The smallest absolute Gasteiger partial charge is 0.270 e. The first-order valence-electron chi connectivity index (χ1n) is 9.62. The molecule has 152 valence electrons. The van der Waals surface area contributed by atoms with Crippen LogP contribution in [0.3, 0.4) is 0 Å². The highest BCUT2D eigenvalue weighted by molar-refractivity contribution is 6.00. The van der Waals surface area contributed by atoms with E-state index in [1.807, 2.05) is 0 Å². The number of carbonyl (C=O) groups excluding carboxylic acids is 2. The predicted molar refractivity (Wildman–Crippen MR) is 111 cm³/mol. The number of nitro benzene ring substituents is 1. The Hall–Kier alpha value is -3.42. The highest BCUT2D eigenvalue weighted by Gasteiger charge is 2.21. The molecule has 0 spiro atoms. The predicted octanol–water partition coefficient (Wildman–Crippen LogP) is 3.84. The molecule has 0 bridgehead atoms. The van der Waals surface area contributed by atoms with Crippen LogP contribution in [-0.2, 0) is 11.3 Å². The minimum absolute atomic E-state index is 0.119. The Morgan fingerprint density at radius 3 is 2.41 bits per heavy atom. The first kappa shape index (κ1) is 20.3. The van der Waals surface area contributed by atoms with Crippen molar-refractivity contribution < 1.29 is 14.5 Å². The molecule has 0 saturated heterocycles. The number of rotatable bonds is 7. The van der Waals surface area contributed by atoms with Crippen LogP contribution >= 0.6 is 0 Å². The summed E-state index contributed by atoms with van der Waals surface area (Å²) < 4.78 is 0. The lowest BCUT2D eigenvalue weighted by Crippen LogP contribution is -2.25. The molecule has 29 heavy (non-hydrogen) atoms. The minimum Gasteiger partial charge on any atom is -0.382 e. The van der Waals surface area contributed by atoms with Crippen molar-refractivity contribution in [1.29, 1.82) is 0 Å². The van der Waals surface area contributed by atoms with E-state index in [-0.39, 0.29) is 35.7 Å². The molecule has 0 radical (unpaired) electrons. The van der Waals surface area contributed by atoms with Crippen molar-refractivity contribution in [3.8, 4) is 0 Å². The number of amides is 2. The van der Waals surface area contributed by atoms with Crippen molar-refractivity contribution in [3.63, 3.8) is 0 Å². The molecule has 0 unspecified atom stereocenters. The second kappa shape index (κ2) is 9.18. The number of carbonyl (C=O) groups is 2. The van der Waals surface area contributed by atoms with Crippen LogP contribution in [0.2, 0.25) is 0 Å². The fourth-order valence-electron chi connectivity index (χ4n) is 3.44. The lowest BCUT2D eigenvalue weighted by molar-refractivity contribution is -0.384. The summed E-state index contributed by atoms with van der Waals surface area (Å²) in [4.78, 5) is 34.5. The molecule has 0 heterocycles. The van der Waals surface area contributed by atoms with Gasteiger partial charge in [0.2, 0.25) is 5.91 Å². The Morgan fingerprint density at radius 1 is 1.10 bits per heavy atom. The maximum absolute atomic E-state index is 12.8. The zero-order valence-electron chi connectivity index (χ0n) is 16.2.